The fraction of sp³-hybridized carbons (Fsp3) is 0.438. The molecule has 0 radical (unpaired) electrons. The Morgan fingerprint density at radius 1 is 1.52 bits per heavy atom. The quantitative estimate of drug-likeness (QED) is 0.746. The number of carboxylic acids is 1. The number of carbonyl (C=O) groups is 1. The molecule has 0 amide bonds. The first-order valence-corrected chi connectivity index (χ1v) is 8.22. The maximum Gasteiger partial charge on any atom is 0.328 e. The summed E-state index contributed by atoms with van der Waals surface area (Å²) in [6.45, 7) is 2.68. The first-order valence-electron chi connectivity index (χ1n) is 6.82. The molecule has 1 N–H and O–H groups in total. The lowest BCUT2D eigenvalue weighted by molar-refractivity contribution is -0.131. The van der Waals surface area contributed by atoms with Crippen molar-refractivity contribution in [3.05, 3.63) is 41.2 Å². The van der Waals surface area contributed by atoms with E-state index in [-0.39, 0.29) is 5.82 Å². The molecular formula is C16H22FNO2S. The highest BCUT2D eigenvalue weighted by molar-refractivity contribution is 7.98. The SMILES string of the molecule is CSCCC(C)N(C)Cc1ccc(/C=C/C(=O)O)cc1F. The molecule has 0 aliphatic heterocycles. The molecule has 1 unspecified atom stereocenters. The van der Waals surface area contributed by atoms with Crippen molar-refractivity contribution < 1.29 is 14.3 Å². The van der Waals surface area contributed by atoms with E-state index < -0.39 is 5.97 Å². The number of halogens is 1. The van der Waals surface area contributed by atoms with Crippen LogP contribution in [-0.4, -0.2) is 41.1 Å². The van der Waals surface area contributed by atoms with E-state index in [0.29, 0.717) is 23.7 Å². The molecule has 0 bridgehead atoms. The van der Waals surface area contributed by atoms with E-state index in [2.05, 4.69) is 18.1 Å². The lowest BCUT2D eigenvalue weighted by Crippen LogP contribution is -2.29. The van der Waals surface area contributed by atoms with Crippen LogP contribution in [0.5, 0.6) is 0 Å². The van der Waals surface area contributed by atoms with E-state index in [1.54, 1.807) is 12.1 Å². The third-order valence-electron chi connectivity index (χ3n) is 3.41. The Balaban J connectivity index is 2.70. The average molecular weight is 311 g/mol. The van der Waals surface area contributed by atoms with Gasteiger partial charge in [-0.3, -0.25) is 4.90 Å². The minimum absolute atomic E-state index is 0.300. The topological polar surface area (TPSA) is 40.5 Å². The molecule has 21 heavy (non-hydrogen) atoms. The minimum atomic E-state index is -1.04. The van der Waals surface area contributed by atoms with Gasteiger partial charge in [-0.05, 0) is 50.1 Å². The molecule has 116 valence electrons. The lowest BCUT2D eigenvalue weighted by Gasteiger charge is -2.24. The molecule has 0 heterocycles. The molecule has 3 nitrogen and oxygen atoms in total. The van der Waals surface area contributed by atoms with Crippen LogP contribution in [0.2, 0.25) is 0 Å². The molecule has 1 rings (SSSR count). The molecule has 0 aliphatic carbocycles. The Bertz CT molecular complexity index is 505. The smallest absolute Gasteiger partial charge is 0.328 e. The average Bonchev–Trinajstić information content (AvgIpc) is 2.44. The maximum absolute atomic E-state index is 14.0. The molecule has 1 atom stereocenters. The summed E-state index contributed by atoms with van der Waals surface area (Å²) in [5, 5.41) is 8.56. The predicted molar refractivity (Wildman–Crippen MR) is 87.0 cm³/mol. The van der Waals surface area contributed by atoms with Crippen molar-refractivity contribution in [1.82, 2.24) is 4.90 Å². The van der Waals surface area contributed by atoms with Crippen molar-refractivity contribution in [2.75, 3.05) is 19.1 Å². The zero-order valence-electron chi connectivity index (χ0n) is 12.7. The summed E-state index contributed by atoms with van der Waals surface area (Å²) in [5.41, 5.74) is 1.18. The number of hydrogen-bond acceptors (Lipinski definition) is 3. The van der Waals surface area contributed by atoms with Gasteiger partial charge in [0.1, 0.15) is 5.82 Å². The molecule has 0 spiro atoms. The van der Waals surface area contributed by atoms with Crippen molar-refractivity contribution in [2.45, 2.75) is 25.9 Å². The first-order chi connectivity index (χ1) is 9.93. The molecular weight excluding hydrogens is 289 g/mol. The summed E-state index contributed by atoms with van der Waals surface area (Å²) in [6.07, 6.45) is 5.54. The van der Waals surface area contributed by atoms with Crippen LogP contribution in [0.25, 0.3) is 6.08 Å². The molecule has 0 aliphatic rings. The van der Waals surface area contributed by atoms with Crippen LogP contribution in [0.4, 0.5) is 4.39 Å². The van der Waals surface area contributed by atoms with Crippen molar-refractivity contribution in [1.29, 1.82) is 0 Å². The van der Waals surface area contributed by atoms with Gasteiger partial charge < -0.3 is 5.11 Å². The van der Waals surface area contributed by atoms with Crippen LogP contribution in [0.15, 0.2) is 24.3 Å². The van der Waals surface area contributed by atoms with Crippen LogP contribution >= 0.6 is 11.8 Å². The fourth-order valence-electron chi connectivity index (χ4n) is 1.90. The number of aliphatic carboxylic acids is 1. The Morgan fingerprint density at radius 3 is 2.81 bits per heavy atom. The molecule has 0 fully saturated rings. The molecule has 0 saturated heterocycles. The number of carboxylic acid groups (broad SMARTS) is 1. The highest BCUT2D eigenvalue weighted by atomic mass is 32.2. The fourth-order valence-corrected chi connectivity index (χ4v) is 2.47. The lowest BCUT2D eigenvalue weighted by atomic mass is 10.1. The van der Waals surface area contributed by atoms with Gasteiger partial charge in [0.15, 0.2) is 0 Å². The first kappa shape index (κ1) is 17.7. The summed E-state index contributed by atoms with van der Waals surface area (Å²) in [5.74, 6) is -0.249. The van der Waals surface area contributed by atoms with E-state index >= 15 is 0 Å². The van der Waals surface area contributed by atoms with Gasteiger partial charge in [0, 0.05) is 24.2 Å². The van der Waals surface area contributed by atoms with Crippen LogP contribution in [-0.2, 0) is 11.3 Å². The van der Waals surface area contributed by atoms with Crippen LogP contribution in [0.3, 0.4) is 0 Å². The van der Waals surface area contributed by atoms with Gasteiger partial charge in [-0.2, -0.15) is 11.8 Å². The van der Waals surface area contributed by atoms with E-state index in [0.717, 1.165) is 18.2 Å². The van der Waals surface area contributed by atoms with Crippen LogP contribution < -0.4 is 0 Å². The summed E-state index contributed by atoms with van der Waals surface area (Å²) >= 11 is 1.81. The number of rotatable bonds is 8. The van der Waals surface area contributed by atoms with E-state index in [1.165, 1.54) is 12.1 Å². The molecule has 5 heteroatoms. The summed E-state index contributed by atoms with van der Waals surface area (Å²) in [6, 6.07) is 5.21. The van der Waals surface area contributed by atoms with Gasteiger partial charge in [-0.15, -0.1) is 0 Å². The normalized spacial score (nSPS) is 13.0. The Labute approximate surface area is 129 Å². The van der Waals surface area contributed by atoms with Crippen LogP contribution in [0.1, 0.15) is 24.5 Å². The minimum Gasteiger partial charge on any atom is -0.478 e. The number of hydrogen-bond donors (Lipinski definition) is 1. The Kier molecular flexibility index (Phi) is 7.47. The number of thioether (sulfide) groups is 1. The summed E-state index contributed by atoms with van der Waals surface area (Å²) in [4.78, 5) is 12.6. The third-order valence-corrected chi connectivity index (χ3v) is 4.05. The van der Waals surface area contributed by atoms with Crippen LogP contribution in [0, 0.1) is 5.82 Å². The molecule has 1 aromatic rings. The number of nitrogens with zero attached hydrogens (tertiary/aromatic N) is 1. The van der Waals surface area contributed by atoms with Gasteiger partial charge in [0.25, 0.3) is 0 Å². The number of benzene rings is 1. The monoisotopic (exact) mass is 311 g/mol. The van der Waals surface area contributed by atoms with Gasteiger partial charge in [0.2, 0.25) is 0 Å². The zero-order valence-corrected chi connectivity index (χ0v) is 13.5. The molecule has 0 saturated carbocycles. The second-order valence-corrected chi connectivity index (χ2v) is 6.05. The Morgan fingerprint density at radius 2 is 2.24 bits per heavy atom. The maximum atomic E-state index is 14.0. The standard InChI is InChI=1S/C16H22FNO2S/c1-12(8-9-21-3)18(2)11-14-6-4-13(10-15(14)17)5-7-16(19)20/h4-7,10,12H,8-9,11H2,1-3H3,(H,19,20)/b7-5+. The largest absolute Gasteiger partial charge is 0.478 e. The highest BCUT2D eigenvalue weighted by Crippen LogP contribution is 2.16. The van der Waals surface area contributed by atoms with E-state index in [4.69, 9.17) is 5.11 Å². The predicted octanol–water partition coefficient (Wildman–Crippen LogP) is 3.50. The molecule has 0 aromatic heterocycles. The molecule has 1 aromatic carbocycles. The van der Waals surface area contributed by atoms with Crippen molar-refractivity contribution in [2.24, 2.45) is 0 Å². The Hall–Kier alpha value is -1.33. The third kappa shape index (κ3) is 6.31. The summed E-state index contributed by atoms with van der Waals surface area (Å²) in [7, 11) is 1.99. The van der Waals surface area contributed by atoms with Crippen molar-refractivity contribution in [3.63, 3.8) is 0 Å². The second kappa shape index (κ2) is 8.85. The van der Waals surface area contributed by atoms with Gasteiger partial charge >= 0.3 is 5.97 Å². The van der Waals surface area contributed by atoms with Gasteiger partial charge in [-0.1, -0.05) is 12.1 Å². The van der Waals surface area contributed by atoms with E-state index in [9.17, 15) is 9.18 Å². The van der Waals surface area contributed by atoms with E-state index in [1.807, 2.05) is 18.8 Å². The zero-order chi connectivity index (χ0) is 15.8. The van der Waals surface area contributed by atoms with Gasteiger partial charge in [-0.25, -0.2) is 9.18 Å². The summed E-state index contributed by atoms with van der Waals surface area (Å²) < 4.78 is 14.0. The van der Waals surface area contributed by atoms with Crippen molar-refractivity contribution in [3.8, 4) is 0 Å². The highest BCUT2D eigenvalue weighted by Gasteiger charge is 2.11. The second-order valence-electron chi connectivity index (χ2n) is 5.07. The van der Waals surface area contributed by atoms with Gasteiger partial charge in [0.05, 0.1) is 0 Å². The van der Waals surface area contributed by atoms with Crippen molar-refractivity contribution >= 4 is 23.8 Å².